The SMILES string of the molecule is COc1ccc(NC(=O)c2n[nH]c3ccc(-c4cncc(CN(C)C)c4)cc23)cn1. The van der Waals surface area contributed by atoms with Gasteiger partial charge in [0, 0.05) is 36.0 Å². The maximum atomic E-state index is 12.8. The number of rotatable bonds is 6. The summed E-state index contributed by atoms with van der Waals surface area (Å²) in [5, 5.41) is 10.7. The molecular weight excluding hydrogens is 380 g/mol. The number of carbonyl (C=O) groups is 1. The van der Waals surface area contributed by atoms with Crippen molar-refractivity contribution < 1.29 is 9.53 Å². The lowest BCUT2D eigenvalue weighted by molar-refractivity contribution is 0.102. The van der Waals surface area contributed by atoms with Crippen LogP contribution in [0.15, 0.2) is 55.0 Å². The Hall–Kier alpha value is -3.78. The average Bonchev–Trinajstić information content (AvgIpc) is 3.17. The molecule has 0 saturated carbocycles. The molecule has 8 heteroatoms. The summed E-state index contributed by atoms with van der Waals surface area (Å²) in [6.07, 6.45) is 5.23. The number of aromatic nitrogens is 4. The Morgan fingerprint density at radius 2 is 1.97 bits per heavy atom. The molecule has 4 rings (SSSR count). The maximum Gasteiger partial charge on any atom is 0.276 e. The zero-order valence-electron chi connectivity index (χ0n) is 17.0. The number of H-pyrrole nitrogens is 1. The summed E-state index contributed by atoms with van der Waals surface area (Å²) in [4.78, 5) is 23.4. The summed E-state index contributed by atoms with van der Waals surface area (Å²) < 4.78 is 5.04. The number of aromatic amines is 1. The molecule has 3 aromatic heterocycles. The predicted octanol–water partition coefficient (Wildman–Crippen LogP) is 3.34. The Bertz CT molecular complexity index is 1180. The molecule has 1 amide bonds. The Morgan fingerprint density at radius 1 is 1.10 bits per heavy atom. The molecule has 2 N–H and O–H groups in total. The fourth-order valence-electron chi connectivity index (χ4n) is 3.23. The summed E-state index contributed by atoms with van der Waals surface area (Å²) in [5.74, 6) is 0.165. The number of nitrogens with zero attached hydrogens (tertiary/aromatic N) is 4. The van der Waals surface area contributed by atoms with Gasteiger partial charge in [0.1, 0.15) is 0 Å². The standard InChI is InChI=1S/C22H22N6O2/c1-28(2)13-14-8-16(11-23-10-14)15-4-6-19-18(9-15)21(27-26-19)22(29)25-17-5-7-20(30-3)24-12-17/h4-12H,13H2,1-3H3,(H,25,29)(H,26,27). The van der Waals surface area contributed by atoms with Crippen LogP contribution >= 0.6 is 0 Å². The van der Waals surface area contributed by atoms with Gasteiger partial charge in [-0.15, -0.1) is 0 Å². The number of methoxy groups -OCH3 is 1. The first-order chi connectivity index (χ1) is 14.5. The number of benzene rings is 1. The first kappa shape index (κ1) is 19.5. The van der Waals surface area contributed by atoms with E-state index in [2.05, 4.69) is 36.4 Å². The van der Waals surface area contributed by atoms with Gasteiger partial charge >= 0.3 is 0 Å². The molecule has 4 aromatic rings. The highest BCUT2D eigenvalue weighted by Crippen LogP contribution is 2.26. The third kappa shape index (κ3) is 4.13. The minimum absolute atomic E-state index is 0.315. The van der Waals surface area contributed by atoms with Crippen molar-refractivity contribution >= 4 is 22.5 Å². The number of pyridine rings is 2. The van der Waals surface area contributed by atoms with Crippen molar-refractivity contribution in [1.29, 1.82) is 0 Å². The van der Waals surface area contributed by atoms with Crippen LogP contribution in [0.4, 0.5) is 5.69 Å². The third-order valence-electron chi connectivity index (χ3n) is 4.61. The number of fused-ring (bicyclic) bond motifs is 1. The molecule has 0 bridgehead atoms. The minimum atomic E-state index is -0.315. The van der Waals surface area contributed by atoms with Crippen LogP contribution in [0.2, 0.25) is 0 Å². The van der Waals surface area contributed by atoms with E-state index >= 15 is 0 Å². The Morgan fingerprint density at radius 3 is 2.70 bits per heavy atom. The number of hydrogen-bond acceptors (Lipinski definition) is 6. The van der Waals surface area contributed by atoms with Gasteiger partial charge in [0.25, 0.3) is 5.91 Å². The smallest absolute Gasteiger partial charge is 0.276 e. The van der Waals surface area contributed by atoms with Gasteiger partial charge < -0.3 is 15.0 Å². The molecule has 0 aliphatic rings. The van der Waals surface area contributed by atoms with Crippen molar-refractivity contribution in [3.63, 3.8) is 0 Å². The van der Waals surface area contributed by atoms with E-state index in [0.29, 0.717) is 17.3 Å². The maximum absolute atomic E-state index is 12.8. The number of hydrogen-bond donors (Lipinski definition) is 2. The molecule has 30 heavy (non-hydrogen) atoms. The molecule has 3 heterocycles. The molecule has 0 spiro atoms. The van der Waals surface area contributed by atoms with E-state index in [1.165, 1.54) is 0 Å². The third-order valence-corrected chi connectivity index (χ3v) is 4.61. The molecule has 0 aliphatic heterocycles. The molecule has 152 valence electrons. The predicted molar refractivity (Wildman–Crippen MR) is 115 cm³/mol. The summed E-state index contributed by atoms with van der Waals surface area (Å²) in [6.45, 7) is 0.804. The molecule has 0 unspecified atom stereocenters. The number of amides is 1. The molecule has 0 saturated heterocycles. The second-order valence-electron chi connectivity index (χ2n) is 7.20. The Labute approximate surface area is 173 Å². The Kier molecular flexibility index (Phi) is 5.40. The van der Waals surface area contributed by atoms with E-state index in [9.17, 15) is 4.79 Å². The lowest BCUT2D eigenvalue weighted by Gasteiger charge is -2.10. The average molecular weight is 402 g/mol. The molecule has 8 nitrogen and oxygen atoms in total. The van der Waals surface area contributed by atoms with Crippen molar-refractivity contribution in [3.8, 4) is 17.0 Å². The van der Waals surface area contributed by atoms with Crippen molar-refractivity contribution in [2.75, 3.05) is 26.5 Å². The van der Waals surface area contributed by atoms with Gasteiger partial charge in [0.15, 0.2) is 5.69 Å². The lowest BCUT2D eigenvalue weighted by Crippen LogP contribution is -2.13. The van der Waals surface area contributed by atoms with Crippen LogP contribution in [0, 0.1) is 0 Å². The van der Waals surface area contributed by atoms with Gasteiger partial charge in [-0.3, -0.25) is 14.9 Å². The van der Waals surface area contributed by atoms with E-state index in [1.807, 2.05) is 44.7 Å². The molecule has 0 fully saturated rings. The molecule has 0 radical (unpaired) electrons. The Balaban J connectivity index is 1.63. The minimum Gasteiger partial charge on any atom is -0.481 e. The number of ether oxygens (including phenoxy) is 1. The van der Waals surface area contributed by atoms with E-state index in [-0.39, 0.29) is 5.91 Å². The quantitative estimate of drug-likeness (QED) is 0.514. The van der Waals surface area contributed by atoms with E-state index in [4.69, 9.17) is 4.74 Å². The van der Waals surface area contributed by atoms with Crippen LogP contribution in [0.3, 0.4) is 0 Å². The zero-order chi connectivity index (χ0) is 21.1. The van der Waals surface area contributed by atoms with Gasteiger partial charge in [-0.05, 0) is 49.5 Å². The van der Waals surface area contributed by atoms with Gasteiger partial charge in [-0.25, -0.2) is 4.98 Å². The van der Waals surface area contributed by atoms with Crippen LogP contribution in [-0.2, 0) is 6.54 Å². The van der Waals surface area contributed by atoms with E-state index in [1.54, 1.807) is 25.4 Å². The molecule has 0 aliphatic carbocycles. The fraction of sp³-hybridized carbons (Fsp3) is 0.182. The second kappa shape index (κ2) is 8.30. The van der Waals surface area contributed by atoms with E-state index in [0.717, 1.165) is 34.1 Å². The van der Waals surface area contributed by atoms with E-state index < -0.39 is 0 Å². The van der Waals surface area contributed by atoms with Crippen LogP contribution in [-0.4, -0.2) is 52.2 Å². The normalized spacial score (nSPS) is 11.1. The van der Waals surface area contributed by atoms with Crippen molar-refractivity contribution in [3.05, 3.63) is 66.2 Å². The van der Waals surface area contributed by atoms with Gasteiger partial charge in [-0.1, -0.05) is 6.07 Å². The molecular formula is C22H22N6O2. The number of anilines is 1. The van der Waals surface area contributed by atoms with Crippen molar-refractivity contribution in [1.82, 2.24) is 25.1 Å². The molecule has 0 atom stereocenters. The van der Waals surface area contributed by atoms with Crippen LogP contribution in [0.1, 0.15) is 16.1 Å². The summed E-state index contributed by atoms with van der Waals surface area (Å²) in [7, 11) is 5.58. The highest BCUT2D eigenvalue weighted by Gasteiger charge is 2.16. The largest absolute Gasteiger partial charge is 0.481 e. The van der Waals surface area contributed by atoms with Crippen LogP contribution < -0.4 is 10.1 Å². The van der Waals surface area contributed by atoms with Crippen molar-refractivity contribution in [2.24, 2.45) is 0 Å². The summed E-state index contributed by atoms with van der Waals surface area (Å²) in [5.41, 5.74) is 4.75. The first-order valence-electron chi connectivity index (χ1n) is 9.42. The lowest BCUT2D eigenvalue weighted by atomic mass is 10.0. The summed E-state index contributed by atoms with van der Waals surface area (Å²) in [6, 6.07) is 11.4. The monoisotopic (exact) mass is 402 g/mol. The van der Waals surface area contributed by atoms with Crippen LogP contribution in [0.5, 0.6) is 5.88 Å². The fourth-order valence-corrected chi connectivity index (χ4v) is 3.23. The second-order valence-corrected chi connectivity index (χ2v) is 7.20. The van der Waals surface area contributed by atoms with Gasteiger partial charge in [0.05, 0.1) is 24.5 Å². The highest BCUT2D eigenvalue weighted by atomic mass is 16.5. The van der Waals surface area contributed by atoms with Crippen molar-refractivity contribution in [2.45, 2.75) is 6.54 Å². The first-order valence-corrected chi connectivity index (χ1v) is 9.42. The molecule has 1 aromatic carbocycles. The highest BCUT2D eigenvalue weighted by molar-refractivity contribution is 6.11. The zero-order valence-corrected chi connectivity index (χ0v) is 17.0. The number of nitrogens with one attached hydrogen (secondary N) is 2. The van der Waals surface area contributed by atoms with Gasteiger partial charge in [-0.2, -0.15) is 5.10 Å². The van der Waals surface area contributed by atoms with Gasteiger partial charge in [0.2, 0.25) is 5.88 Å². The van der Waals surface area contributed by atoms with Crippen LogP contribution in [0.25, 0.3) is 22.0 Å². The summed E-state index contributed by atoms with van der Waals surface area (Å²) >= 11 is 0. The number of carbonyl (C=O) groups excluding carboxylic acids is 1. The topological polar surface area (TPSA) is 96.0 Å².